The Hall–Kier alpha value is -1.86. The first-order chi connectivity index (χ1) is 9.08. The summed E-state index contributed by atoms with van der Waals surface area (Å²) in [6, 6.07) is 12.1. The molecule has 0 spiro atoms. The molecule has 96 valence electrons. The molecule has 0 aliphatic rings. The number of hydrogen-bond donors (Lipinski definition) is 0. The highest BCUT2D eigenvalue weighted by Gasteiger charge is 2.05. The molecule has 0 amide bonds. The van der Waals surface area contributed by atoms with Crippen molar-refractivity contribution in [2.24, 2.45) is 0 Å². The van der Waals surface area contributed by atoms with Crippen LogP contribution in [0.15, 0.2) is 35.2 Å². The minimum absolute atomic E-state index is 0.218. The molecule has 0 saturated heterocycles. The van der Waals surface area contributed by atoms with Crippen LogP contribution in [-0.2, 0) is 0 Å². The SMILES string of the molecule is Cc1cc(-c2ccc(SC(C)C)cc2)nc(C#N)n1. The number of rotatable bonds is 3. The molecule has 0 atom stereocenters. The third kappa shape index (κ3) is 3.55. The fourth-order valence-electron chi connectivity index (χ4n) is 1.74. The molecular formula is C15H15N3S. The Bertz CT molecular complexity index is 612. The van der Waals surface area contributed by atoms with Crippen LogP contribution in [-0.4, -0.2) is 15.2 Å². The van der Waals surface area contributed by atoms with Crippen LogP contribution in [0.25, 0.3) is 11.3 Å². The predicted molar refractivity (Wildman–Crippen MR) is 77.9 cm³/mol. The first-order valence-corrected chi connectivity index (χ1v) is 6.99. The van der Waals surface area contributed by atoms with Crippen molar-refractivity contribution in [3.8, 4) is 17.3 Å². The third-order valence-corrected chi connectivity index (χ3v) is 3.49. The van der Waals surface area contributed by atoms with E-state index in [1.807, 2.05) is 43.0 Å². The van der Waals surface area contributed by atoms with Gasteiger partial charge in [0, 0.05) is 21.4 Å². The van der Waals surface area contributed by atoms with E-state index < -0.39 is 0 Å². The zero-order valence-electron chi connectivity index (χ0n) is 11.2. The Morgan fingerprint density at radius 3 is 2.42 bits per heavy atom. The van der Waals surface area contributed by atoms with Crippen molar-refractivity contribution in [3.05, 3.63) is 41.9 Å². The summed E-state index contributed by atoms with van der Waals surface area (Å²) in [5.74, 6) is 0.218. The van der Waals surface area contributed by atoms with Crippen LogP contribution in [0.5, 0.6) is 0 Å². The van der Waals surface area contributed by atoms with Gasteiger partial charge in [0.1, 0.15) is 6.07 Å². The second-order valence-corrected chi connectivity index (χ2v) is 6.17. The zero-order chi connectivity index (χ0) is 13.8. The molecule has 0 saturated carbocycles. The van der Waals surface area contributed by atoms with E-state index in [4.69, 9.17) is 5.26 Å². The highest BCUT2D eigenvalue weighted by Crippen LogP contribution is 2.26. The minimum atomic E-state index is 0.218. The highest BCUT2D eigenvalue weighted by molar-refractivity contribution is 7.99. The van der Waals surface area contributed by atoms with Gasteiger partial charge in [0.15, 0.2) is 0 Å². The van der Waals surface area contributed by atoms with Crippen LogP contribution in [0.1, 0.15) is 25.4 Å². The smallest absolute Gasteiger partial charge is 0.224 e. The van der Waals surface area contributed by atoms with Gasteiger partial charge < -0.3 is 0 Å². The summed E-state index contributed by atoms with van der Waals surface area (Å²) >= 11 is 1.83. The van der Waals surface area contributed by atoms with Gasteiger partial charge in [0.25, 0.3) is 0 Å². The summed E-state index contributed by atoms with van der Waals surface area (Å²) < 4.78 is 0. The summed E-state index contributed by atoms with van der Waals surface area (Å²) in [6.45, 7) is 6.21. The minimum Gasteiger partial charge on any atom is -0.224 e. The molecule has 0 fully saturated rings. The Morgan fingerprint density at radius 2 is 1.84 bits per heavy atom. The fourth-order valence-corrected chi connectivity index (χ4v) is 2.58. The van der Waals surface area contributed by atoms with Crippen molar-refractivity contribution < 1.29 is 0 Å². The molecule has 4 heteroatoms. The standard InChI is InChI=1S/C15H15N3S/c1-10(2)19-13-6-4-12(5-7-13)14-8-11(3)17-15(9-16)18-14/h4-8,10H,1-3H3. The fraction of sp³-hybridized carbons (Fsp3) is 0.267. The van der Waals surface area contributed by atoms with Gasteiger partial charge in [-0.05, 0) is 25.1 Å². The van der Waals surface area contributed by atoms with Gasteiger partial charge in [-0.2, -0.15) is 5.26 Å². The molecule has 0 aliphatic carbocycles. The molecule has 2 aromatic rings. The van der Waals surface area contributed by atoms with Crippen molar-refractivity contribution in [2.75, 3.05) is 0 Å². The van der Waals surface area contributed by atoms with E-state index in [1.165, 1.54) is 4.90 Å². The van der Waals surface area contributed by atoms with Gasteiger partial charge in [0.05, 0.1) is 5.69 Å². The largest absolute Gasteiger partial charge is 0.232 e. The van der Waals surface area contributed by atoms with E-state index >= 15 is 0 Å². The number of aromatic nitrogens is 2. The molecular weight excluding hydrogens is 254 g/mol. The molecule has 3 nitrogen and oxygen atoms in total. The summed E-state index contributed by atoms with van der Waals surface area (Å²) in [5, 5.41) is 9.47. The summed E-state index contributed by atoms with van der Waals surface area (Å²) in [7, 11) is 0. The molecule has 0 radical (unpaired) electrons. The molecule has 0 aliphatic heterocycles. The van der Waals surface area contributed by atoms with Crippen LogP contribution < -0.4 is 0 Å². The molecule has 0 unspecified atom stereocenters. The molecule has 1 aromatic carbocycles. The average Bonchev–Trinajstić information content (AvgIpc) is 2.38. The molecule has 1 aromatic heterocycles. The van der Waals surface area contributed by atoms with Gasteiger partial charge in [0.2, 0.25) is 5.82 Å². The second-order valence-electron chi connectivity index (χ2n) is 4.52. The Balaban J connectivity index is 2.32. The van der Waals surface area contributed by atoms with Gasteiger partial charge >= 0.3 is 0 Å². The topological polar surface area (TPSA) is 49.6 Å². The molecule has 19 heavy (non-hydrogen) atoms. The van der Waals surface area contributed by atoms with E-state index in [0.717, 1.165) is 17.0 Å². The summed E-state index contributed by atoms with van der Waals surface area (Å²) in [5.41, 5.74) is 2.61. The zero-order valence-corrected chi connectivity index (χ0v) is 12.0. The predicted octanol–water partition coefficient (Wildman–Crippen LogP) is 3.82. The van der Waals surface area contributed by atoms with E-state index in [9.17, 15) is 0 Å². The normalized spacial score (nSPS) is 10.5. The lowest BCUT2D eigenvalue weighted by Gasteiger charge is -2.06. The molecule has 2 rings (SSSR count). The van der Waals surface area contributed by atoms with Crippen LogP contribution in [0.3, 0.4) is 0 Å². The Labute approximate surface area is 117 Å². The number of benzene rings is 1. The van der Waals surface area contributed by atoms with Crippen LogP contribution in [0.2, 0.25) is 0 Å². The third-order valence-electron chi connectivity index (χ3n) is 2.48. The Kier molecular flexibility index (Phi) is 4.18. The second kappa shape index (κ2) is 5.85. The van der Waals surface area contributed by atoms with Crippen molar-refractivity contribution >= 4 is 11.8 Å². The number of nitriles is 1. The van der Waals surface area contributed by atoms with Gasteiger partial charge in [-0.25, -0.2) is 9.97 Å². The highest BCUT2D eigenvalue weighted by atomic mass is 32.2. The number of nitrogens with zero attached hydrogens (tertiary/aromatic N) is 3. The monoisotopic (exact) mass is 269 g/mol. The quantitative estimate of drug-likeness (QED) is 0.795. The lowest BCUT2D eigenvalue weighted by atomic mass is 10.1. The number of hydrogen-bond acceptors (Lipinski definition) is 4. The maximum absolute atomic E-state index is 8.90. The van der Waals surface area contributed by atoms with E-state index in [1.54, 1.807) is 0 Å². The van der Waals surface area contributed by atoms with E-state index in [-0.39, 0.29) is 5.82 Å². The van der Waals surface area contributed by atoms with Gasteiger partial charge in [-0.15, -0.1) is 11.8 Å². The van der Waals surface area contributed by atoms with Crippen LogP contribution in [0, 0.1) is 18.3 Å². The van der Waals surface area contributed by atoms with Crippen molar-refractivity contribution in [1.29, 1.82) is 5.26 Å². The van der Waals surface area contributed by atoms with Gasteiger partial charge in [-0.1, -0.05) is 26.0 Å². The maximum Gasteiger partial charge on any atom is 0.232 e. The summed E-state index contributed by atoms with van der Waals surface area (Å²) in [6.07, 6.45) is 0. The van der Waals surface area contributed by atoms with E-state index in [2.05, 4.69) is 35.9 Å². The van der Waals surface area contributed by atoms with Crippen LogP contribution >= 0.6 is 11.8 Å². The molecule has 1 heterocycles. The van der Waals surface area contributed by atoms with Crippen molar-refractivity contribution in [3.63, 3.8) is 0 Å². The average molecular weight is 269 g/mol. The van der Waals surface area contributed by atoms with Crippen LogP contribution in [0.4, 0.5) is 0 Å². The van der Waals surface area contributed by atoms with Crippen molar-refractivity contribution in [1.82, 2.24) is 9.97 Å². The number of aryl methyl sites for hydroxylation is 1. The van der Waals surface area contributed by atoms with E-state index in [0.29, 0.717) is 5.25 Å². The molecule has 0 N–H and O–H groups in total. The number of thioether (sulfide) groups is 1. The first-order valence-electron chi connectivity index (χ1n) is 6.11. The van der Waals surface area contributed by atoms with Gasteiger partial charge in [-0.3, -0.25) is 0 Å². The lowest BCUT2D eigenvalue weighted by Crippen LogP contribution is -1.95. The lowest BCUT2D eigenvalue weighted by molar-refractivity contribution is 1.06. The molecule has 0 bridgehead atoms. The maximum atomic E-state index is 8.90. The Morgan fingerprint density at radius 1 is 1.16 bits per heavy atom. The summed E-state index contributed by atoms with van der Waals surface area (Å²) in [4.78, 5) is 9.53. The first kappa shape index (κ1) is 13.6. The van der Waals surface area contributed by atoms with Crippen molar-refractivity contribution in [2.45, 2.75) is 30.9 Å².